The number of nitrogens with zero attached hydrogens (tertiary/aromatic N) is 4. The second-order valence-electron chi connectivity index (χ2n) is 7.30. The van der Waals surface area contributed by atoms with Crippen LogP contribution in [0.3, 0.4) is 0 Å². The number of thioether (sulfide) groups is 1. The van der Waals surface area contributed by atoms with Gasteiger partial charge in [0.2, 0.25) is 5.91 Å². The highest BCUT2D eigenvalue weighted by atomic mass is 32.2. The summed E-state index contributed by atoms with van der Waals surface area (Å²) in [5.74, 6) is 0.154. The van der Waals surface area contributed by atoms with Crippen LogP contribution in [-0.4, -0.2) is 31.2 Å². The van der Waals surface area contributed by atoms with Crippen LogP contribution in [0.25, 0.3) is 28.1 Å². The molecule has 2 aromatic heterocycles. The molecule has 0 saturated heterocycles. The van der Waals surface area contributed by atoms with Gasteiger partial charge in [-0.05, 0) is 37.3 Å². The first-order valence-electron chi connectivity index (χ1n) is 9.97. The van der Waals surface area contributed by atoms with E-state index < -0.39 is 5.82 Å². The van der Waals surface area contributed by atoms with E-state index >= 15 is 0 Å². The average Bonchev–Trinajstić information content (AvgIpc) is 3.24. The number of amides is 1. The van der Waals surface area contributed by atoms with Gasteiger partial charge in [-0.3, -0.25) is 9.20 Å². The number of anilines is 1. The van der Waals surface area contributed by atoms with Gasteiger partial charge in [0.05, 0.1) is 16.8 Å². The van der Waals surface area contributed by atoms with Gasteiger partial charge in [-0.15, -0.1) is 10.2 Å². The van der Waals surface area contributed by atoms with Crippen molar-refractivity contribution in [3.05, 3.63) is 84.2 Å². The molecule has 0 bridgehead atoms. The van der Waals surface area contributed by atoms with E-state index in [2.05, 4.69) is 15.5 Å². The van der Waals surface area contributed by atoms with Gasteiger partial charge in [0, 0.05) is 11.3 Å². The zero-order chi connectivity index (χ0) is 22.1. The van der Waals surface area contributed by atoms with E-state index in [0.29, 0.717) is 22.2 Å². The number of halogens is 1. The molecule has 8 heteroatoms. The number of fused-ring (bicyclic) bond motifs is 3. The number of hydrogen-bond donors (Lipinski definition) is 1. The van der Waals surface area contributed by atoms with Crippen LogP contribution in [0.1, 0.15) is 5.56 Å². The van der Waals surface area contributed by atoms with Crippen molar-refractivity contribution in [1.29, 1.82) is 0 Å². The third-order valence-electron chi connectivity index (χ3n) is 4.96. The van der Waals surface area contributed by atoms with Crippen LogP contribution in [0, 0.1) is 12.7 Å². The molecular weight excluding hydrogens is 425 g/mol. The molecule has 158 valence electrons. The maximum Gasteiger partial charge on any atom is 0.234 e. The Balaban J connectivity index is 1.50. The van der Waals surface area contributed by atoms with E-state index in [-0.39, 0.29) is 11.7 Å². The third kappa shape index (κ3) is 3.92. The quantitative estimate of drug-likeness (QED) is 0.382. The summed E-state index contributed by atoms with van der Waals surface area (Å²) in [6, 6.07) is 21.7. The molecule has 0 atom stereocenters. The van der Waals surface area contributed by atoms with E-state index in [0.717, 1.165) is 22.2 Å². The molecule has 3 aromatic carbocycles. The lowest BCUT2D eigenvalue weighted by Crippen LogP contribution is -2.14. The topological polar surface area (TPSA) is 72.2 Å². The van der Waals surface area contributed by atoms with Gasteiger partial charge < -0.3 is 5.32 Å². The molecule has 0 unspecified atom stereocenters. The minimum Gasteiger partial charge on any atom is -0.325 e. The van der Waals surface area contributed by atoms with Gasteiger partial charge in [-0.1, -0.05) is 59.8 Å². The smallest absolute Gasteiger partial charge is 0.234 e. The Morgan fingerprint density at radius 3 is 2.66 bits per heavy atom. The first-order valence-corrected chi connectivity index (χ1v) is 11.0. The van der Waals surface area contributed by atoms with Crippen molar-refractivity contribution in [1.82, 2.24) is 19.6 Å². The van der Waals surface area contributed by atoms with Gasteiger partial charge >= 0.3 is 0 Å². The van der Waals surface area contributed by atoms with Crippen LogP contribution >= 0.6 is 11.8 Å². The van der Waals surface area contributed by atoms with Crippen LogP contribution in [0.2, 0.25) is 0 Å². The molecule has 2 heterocycles. The normalized spacial score (nSPS) is 11.2. The monoisotopic (exact) mass is 443 g/mol. The fraction of sp³-hybridized carbons (Fsp3) is 0.0833. The Morgan fingerprint density at radius 2 is 1.84 bits per heavy atom. The fourth-order valence-electron chi connectivity index (χ4n) is 3.44. The zero-order valence-electron chi connectivity index (χ0n) is 17.1. The standard InChI is InChI=1S/C24H18FN5OS/c1-15-9-11-16(12-10-15)22-28-29-23-24(27-19-7-2-3-8-20(19)30(22)23)32-14-21(31)26-18-6-4-5-17(25)13-18/h2-13H,14H2,1H3,(H,26,31). The summed E-state index contributed by atoms with van der Waals surface area (Å²) in [5.41, 5.74) is 4.77. The van der Waals surface area contributed by atoms with Crippen molar-refractivity contribution in [3.63, 3.8) is 0 Å². The van der Waals surface area contributed by atoms with E-state index in [9.17, 15) is 9.18 Å². The number of aromatic nitrogens is 4. The number of rotatable bonds is 5. The Bertz CT molecular complexity index is 1450. The number of para-hydroxylation sites is 2. The minimum absolute atomic E-state index is 0.101. The number of carbonyl (C=O) groups is 1. The van der Waals surface area contributed by atoms with Crippen LogP contribution in [-0.2, 0) is 4.79 Å². The molecule has 5 aromatic rings. The summed E-state index contributed by atoms with van der Waals surface area (Å²) < 4.78 is 15.3. The first-order chi connectivity index (χ1) is 15.6. The second-order valence-corrected chi connectivity index (χ2v) is 8.27. The predicted molar refractivity (Wildman–Crippen MR) is 124 cm³/mol. The Labute approximate surface area is 187 Å². The minimum atomic E-state index is -0.402. The Hall–Kier alpha value is -3.78. The van der Waals surface area contributed by atoms with E-state index in [1.807, 2.05) is 59.9 Å². The number of benzene rings is 3. The third-order valence-corrected chi connectivity index (χ3v) is 5.91. The molecule has 0 saturated carbocycles. The van der Waals surface area contributed by atoms with Crippen molar-refractivity contribution < 1.29 is 9.18 Å². The summed E-state index contributed by atoms with van der Waals surface area (Å²) in [4.78, 5) is 17.1. The summed E-state index contributed by atoms with van der Waals surface area (Å²) in [6.07, 6.45) is 0. The number of aryl methyl sites for hydroxylation is 1. The van der Waals surface area contributed by atoms with Crippen LogP contribution in [0.5, 0.6) is 0 Å². The average molecular weight is 444 g/mol. The van der Waals surface area contributed by atoms with Crippen molar-refractivity contribution in [2.45, 2.75) is 11.9 Å². The summed E-state index contributed by atoms with van der Waals surface area (Å²) >= 11 is 1.27. The van der Waals surface area contributed by atoms with Crippen molar-refractivity contribution in [2.75, 3.05) is 11.1 Å². The van der Waals surface area contributed by atoms with Crippen LogP contribution in [0.15, 0.2) is 77.8 Å². The lowest BCUT2D eigenvalue weighted by Gasteiger charge is -2.09. The Kier molecular flexibility index (Phi) is 5.28. The molecule has 0 fully saturated rings. The molecule has 32 heavy (non-hydrogen) atoms. The number of carbonyl (C=O) groups excluding carboxylic acids is 1. The number of hydrogen-bond acceptors (Lipinski definition) is 5. The number of nitrogens with one attached hydrogen (secondary N) is 1. The van der Waals surface area contributed by atoms with Gasteiger partial charge in [0.25, 0.3) is 0 Å². The second kappa shape index (κ2) is 8.39. The van der Waals surface area contributed by atoms with Crippen molar-refractivity contribution >= 4 is 40.0 Å². The highest BCUT2D eigenvalue weighted by Gasteiger charge is 2.17. The SMILES string of the molecule is Cc1ccc(-c2nnc3c(SCC(=O)Nc4cccc(F)c4)nc4ccccc4n23)cc1. The van der Waals surface area contributed by atoms with E-state index in [1.54, 1.807) is 12.1 Å². The molecular formula is C24H18FN5OS. The summed E-state index contributed by atoms with van der Waals surface area (Å²) in [7, 11) is 0. The molecule has 0 radical (unpaired) electrons. The predicted octanol–water partition coefficient (Wildman–Crippen LogP) is 5.12. The van der Waals surface area contributed by atoms with Gasteiger partial charge in [-0.25, -0.2) is 9.37 Å². The first kappa shape index (κ1) is 20.1. The highest BCUT2D eigenvalue weighted by molar-refractivity contribution is 8.00. The molecule has 0 aliphatic heterocycles. The van der Waals surface area contributed by atoms with E-state index in [4.69, 9.17) is 4.98 Å². The van der Waals surface area contributed by atoms with Gasteiger partial charge in [-0.2, -0.15) is 0 Å². The van der Waals surface area contributed by atoms with Crippen LogP contribution < -0.4 is 5.32 Å². The van der Waals surface area contributed by atoms with Crippen molar-refractivity contribution in [2.24, 2.45) is 0 Å². The molecule has 1 amide bonds. The molecule has 0 spiro atoms. The van der Waals surface area contributed by atoms with Gasteiger partial charge in [0.1, 0.15) is 10.8 Å². The zero-order valence-corrected chi connectivity index (χ0v) is 17.9. The Morgan fingerprint density at radius 1 is 1.03 bits per heavy atom. The largest absolute Gasteiger partial charge is 0.325 e. The van der Waals surface area contributed by atoms with Crippen molar-refractivity contribution in [3.8, 4) is 11.4 Å². The molecule has 0 aliphatic rings. The molecule has 1 N–H and O–H groups in total. The molecule has 0 aliphatic carbocycles. The lowest BCUT2D eigenvalue weighted by atomic mass is 10.1. The highest BCUT2D eigenvalue weighted by Crippen LogP contribution is 2.29. The molecule has 6 nitrogen and oxygen atoms in total. The fourth-order valence-corrected chi connectivity index (χ4v) is 4.21. The van der Waals surface area contributed by atoms with Gasteiger partial charge in [0.15, 0.2) is 11.5 Å². The summed E-state index contributed by atoms with van der Waals surface area (Å²) in [5, 5.41) is 12.1. The van der Waals surface area contributed by atoms with E-state index in [1.165, 1.54) is 23.9 Å². The maximum atomic E-state index is 13.4. The lowest BCUT2D eigenvalue weighted by molar-refractivity contribution is -0.113. The molecule has 5 rings (SSSR count). The van der Waals surface area contributed by atoms with Crippen LogP contribution in [0.4, 0.5) is 10.1 Å². The summed E-state index contributed by atoms with van der Waals surface area (Å²) in [6.45, 7) is 2.04. The maximum absolute atomic E-state index is 13.4.